The molecule has 1 aliphatic heterocycles. The Balaban J connectivity index is 1.69. The molecule has 2 aromatic heterocycles. The number of ketones is 1. The number of hydrogen-bond donors (Lipinski definition) is 1. The molecule has 8 heteroatoms. The number of fused-ring (bicyclic) bond motifs is 1. The monoisotopic (exact) mass is 458 g/mol. The minimum absolute atomic E-state index is 0.0948. The third-order valence-electron chi connectivity index (χ3n) is 5.65. The molecule has 5 nitrogen and oxygen atoms in total. The van der Waals surface area contributed by atoms with Crippen LogP contribution in [0.4, 0.5) is 5.95 Å². The summed E-state index contributed by atoms with van der Waals surface area (Å²) < 4.78 is 1.83. The van der Waals surface area contributed by atoms with E-state index in [2.05, 4.69) is 37.5 Å². The van der Waals surface area contributed by atoms with Crippen LogP contribution in [0, 0.1) is 12.3 Å². The molecule has 1 aliphatic carbocycles. The fourth-order valence-corrected chi connectivity index (χ4v) is 5.81. The quantitative estimate of drug-likeness (QED) is 0.490. The Bertz CT molecular complexity index is 1220. The van der Waals surface area contributed by atoms with E-state index in [9.17, 15) is 4.79 Å². The van der Waals surface area contributed by atoms with Gasteiger partial charge in [-0.15, -0.1) is 16.4 Å². The molecular weight excluding hydrogens is 439 g/mol. The van der Waals surface area contributed by atoms with Gasteiger partial charge in [0.25, 0.3) is 0 Å². The number of Topliss-reactive ketones (excluding diaryl/α,β-unsaturated/α-hetero) is 1. The Labute approximate surface area is 188 Å². The van der Waals surface area contributed by atoms with Gasteiger partial charge in [0.15, 0.2) is 11.6 Å². The normalized spacial score (nSPS) is 20.0. The zero-order valence-corrected chi connectivity index (χ0v) is 19.1. The Morgan fingerprint density at radius 3 is 2.73 bits per heavy atom. The molecule has 0 bridgehead atoms. The van der Waals surface area contributed by atoms with E-state index >= 15 is 0 Å². The summed E-state index contributed by atoms with van der Waals surface area (Å²) in [6.45, 7) is 6.32. The summed E-state index contributed by atoms with van der Waals surface area (Å²) in [7, 11) is 0. The van der Waals surface area contributed by atoms with Crippen molar-refractivity contribution in [3.63, 3.8) is 0 Å². The van der Waals surface area contributed by atoms with Crippen LogP contribution in [0.15, 0.2) is 40.9 Å². The van der Waals surface area contributed by atoms with Gasteiger partial charge in [0, 0.05) is 33.2 Å². The molecule has 2 aliphatic rings. The number of hydrogen-bond acceptors (Lipinski definition) is 5. The third-order valence-corrected chi connectivity index (χ3v) is 7.27. The third kappa shape index (κ3) is 3.18. The van der Waals surface area contributed by atoms with E-state index in [0.29, 0.717) is 33.8 Å². The van der Waals surface area contributed by atoms with Gasteiger partial charge in [-0.1, -0.05) is 37.0 Å². The van der Waals surface area contributed by atoms with Crippen LogP contribution in [0.2, 0.25) is 10.0 Å². The average Bonchev–Trinajstić information content (AvgIpc) is 3.24. The molecule has 0 amide bonds. The van der Waals surface area contributed by atoms with Gasteiger partial charge in [-0.25, -0.2) is 4.68 Å². The highest BCUT2D eigenvalue weighted by Crippen LogP contribution is 2.47. The first-order valence-corrected chi connectivity index (χ1v) is 11.4. The van der Waals surface area contributed by atoms with Crippen LogP contribution >= 0.6 is 34.5 Å². The molecule has 30 heavy (non-hydrogen) atoms. The molecule has 1 aromatic carbocycles. The fourth-order valence-electron chi connectivity index (χ4n) is 4.30. The Morgan fingerprint density at radius 1 is 1.23 bits per heavy atom. The summed E-state index contributed by atoms with van der Waals surface area (Å²) in [4.78, 5) is 19.1. The summed E-state index contributed by atoms with van der Waals surface area (Å²) in [5.41, 5.74) is 3.50. The molecule has 5 rings (SSSR count). The number of halogens is 2. The maximum atomic E-state index is 13.2. The molecule has 154 valence electrons. The first-order valence-electron chi connectivity index (χ1n) is 9.73. The van der Waals surface area contributed by atoms with Gasteiger partial charge in [-0.2, -0.15) is 4.98 Å². The van der Waals surface area contributed by atoms with Crippen LogP contribution in [-0.2, 0) is 4.79 Å². The summed E-state index contributed by atoms with van der Waals surface area (Å²) >= 11 is 14.1. The smallest absolute Gasteiger partial charge is 0.226 e. The molecule has 0 saturated carbocycles. The number of anilines is 1. The Hall–Kier alpha value is -2.15. The first-order chi connectivity index (χ1) is 14.2. The van der Waals surface area contributed by atoms with Crippen LogP contribution in [-0.4, -0.2) is 20.5 Å². The molecule has 0 spiro atoms. The van der Waals surface area contributed by atoms with Gasteiger partial charge < -0.3 is 5.32 Å². The van der Waals surface area contributed by atoms with Crippen LogP contribution in [0.25, 0.3) is 11.4 Å². The molecular formula is C22H20Cl2N4OS. The molecule has 0 saturated heterocycles. The molecule has 3 heterocycles. The largest absolute Gasteiger partial charge is 0.328 e. The number of thiophene rings is 1. The second-order valence-electron chi connectivity index (χ2n) is 8.66. The van der Waals surface area contributed by atoms with E-state index in [1.165, 1.54) is 0 Å². The Morgan fingerprint density at radius 2 is 2.03 bits per heavy atom. The van der Waals surface area contributed by atoms with Crippen molar-refractivity contribution in [1.29, 1.82) is 0 Å². The van der Waals surface area contributed by atoms with Crippen molar-refractivity contribution in [2.24, 2.45) is 5.41 Å². The van der Waals surface area contributed by atoms with Crippen molar-refractivity contribution in [1.82, 2.24) is 14.8 Å². The standard InChI is InChI=1S/C22H20Cl2N4OS/c1-11-6-7-30-19(11)18-17-15(9-22(2,3)10-16(17)29)25-21-26-20(27-28(18)21)13-5-4-12(23)8-14(13)24/h4-8,18H,9-10H2,1-3H3,(H,25,26,27). The number of carbonyl (C=O) groups excluding carboxylic acids is 1. The number of aryl methyl sites for hydroxylation is 1. The maximum absolute atomic E-state index is 13.2. The van der Waals surface area contributed by atoms with Crippen LogP contribution in [0.3, 0.4) is 0 Å². The molecule has 0 radical (unpaired) electrons. The van der Waals surface area contributed by atoms with E-state index in [1.54, 1.807) is 23.5 Å². The van der Waals surface area contributed by atoms with Gasteiger partial charge in [-0.05, 0) is 54.0 Å². The van der Waals surface area contributed by atoms with Crippen molar-refractivity contribution in [3.05, 3.63) is 61.4 Å². The number of benzene rings is 1. The number of rotatable bonds is 2. The molecule has 1 N–H and O–H groups in total. The SMILES string of the molecule is Cc1ccsc1C1C2=C(CC(C)(C)CC2=O)Nc2nc(-c3ccc(Cl)cc3Cl)nn21. The van der Waals surface area contributed by atoms with Crippen LogP contribution < -0.4 is 5.32 Å². The second-order valence-corrected chi connectivity index (χ2v) is 10.4. The maximum Gasteiger partial charge on any atom is 0.226 e. The highest BCUT2D eigenvalue weighted by Gasteiger charge is 2.42. The van der Waals surface area contributed by atoms with E-state index < -0.39 is 0 Å². The van der Waals surface area contributed by atoms with Crippen molar-refractivity contribution in [2.45, 2.75) is 39.7 Å². The molecule has 3 aromatic rings. The van der Waals surface area contributed by atoms with Gasteiger partial charge in [-0.3, -0.25) is 4.79 Å². The van der Waals surface area contributed by atoms with Gasteiger partial charge in [0.05, 0.1) is 5.02 Å². The number of nitrogens with one attached hydrogen (secondary N) is 1. The summed E-state index contributed by atoms with van der Waals surface area (Å²) in [5, 5.41) is 11.3. The first kappa shape index (κ1) is 19.8. The minimum Gasteiger partial charge on any atom is -0.328 e. The lowest BCUT2D eigenvalue weighted by atomic mass is 9.73. The van der Waals surface area contributed by atoms with E-state index in [0.717, 1.165) is 28.1 Å². The predicted molar refractivity (Wildman–Crippen MR) is 121 cm³/mol. The number of allylic oxidation sites excluding steroid dienone is 2. The summed E-state index contributed by atoms with van der Waals surface area (Å²) in [6, 6.07) is 7.06. The highest BCUT2D eigenvalue weighted by atomic mass is 35.5. The average molecular weight is 459 g/mol. The topological polar surface area (TPSA) is 59.8 Å². The summed E-state index contributed by atoms with van der Waals surface area (Å²) in [6.07, 6.45) is 1.31. The second kappa shape index (κ2) is 6.94. The van der Waals surface area contributed by atoms with Crippen molar-refractivity contribution >= 4 is 46.3 Å². The van der Waals surface area contributed by atoms with Crippen LogP contribution in [0.1, 0.15) is 43.2 Å². The van der Waals surface area contributed by atoms with Gasteiger partial charge in [0.2, 0.25) is 5.95 Å². The van der Waals surface area contributed by atoms with Crippen LogP contribution in [0.5, 0.6) is 0 Å². The van der Waals surface area contributed by atoms with Crippen molar-refractivity contribution in [3.8, 4) is 11.4 Å². The summed E-state index contributed by atoms with van der Waals surface area (Å²) in [5.74, 6) is 1.29. The lowest BCUT2D eigenvalue weighted by Crippen LogP contribution is -2.36. The minimum atomic E-state index is -0.285. The van der Waals surface area contributed by atoms with Crippen molar-refractivity contribution < 1.29 is 4.79 Å². The lowest BCUT2D eigenvalue weighted by Gasteiger charge is -2.38. The number of nitrogens with zero attached hydrogens (tertiary/aromatic N) is 3. The predicted octanol–water partition coefficient (Wildman–Crippen LogP) is 6.28. The lowest BCUT2D eigenvalue weighted by molar-refractivity contribution is -0.118. The highest BCUT2D eigenvalue weighted by molar-refractivity contribution is 7.10. The fraction of sp³-hybridized carbons (Fsp3) is 0.318. The molecule has 1 unspecified atom stereocenters. The van der Waals surface area contributed by atoms with E-state index in [4.69, 9.17) is 33.3 Å². The zero-order chi connectivity index (χ0) is 21.2. The van der Waals surface area contributed by atoms with E-state index in [-0.39, 0.29) is 17.2 Å². The molecule has 0 fully saturated rings. The molecule has 1 atom stereocenters. The van der Waals surface area contributed by atoms with Gasteiger partial charge >= 0.3 is 0 Å². The zero-order valence-electron chi connectivity index (χ0n) is 16.8. The van der Waals surface area contributed by atoms with Crippen molar-refractivity contribution in [2.75, 3.05) is 5.32 Å². The number of aromatic nitrogens is 3. The van der Waals surface area contributed by atoms with E-state index in [1.807, 2.05) is 10.7 Å². The van der Waals surface area contributed by atoms with Gasteiger partial charge in [0.1, 0.15) is 6.04 Å². The Kier molecular flexibility index (Phi) is 4.58. The number of carbonyl (C=O) groups is 1.